The molecule has 1 fully saturated rings. The van der Waals surface area contributed by atoms with Crippen molar-refractivity contribution in [3.8, 4) is 0 Å². The van der Waals surface area contributed by atoms with Gasteiger partial charge in [-0.05, 0) is 12.8 Å². The summed E-state index contributed by atoms with van der Waals surface area (Å²) < 4.78 is 26.3. The van der Waals surface area contributed by atoms with Crippen LogP contribution >= 0.6 is 0 Å². The lowest BCUT2D eigenvalue weighted by molar-refractivity contribution is 0.116. The molecule has 2 atom stereocenters. The Balaban J connectivity index is 1.87. The Morgan fingerprint density at radius 3 is 2.55 bits per heavy atom. The number of benzene rings is 1. The summed E-state index contributed by atoms with van der Waals surface area (Å²) in [7, 11) is 0. The van der Waals surface area contributed by atoms with E-state index in [2.05, 4.69) is 15.3 Å². The largest absolute Gasteiger partial charge is 0.391 e. The van der Waals surface area contributed by atoms with Crippen LogP contribution in [0.4, 0.5) is 14.6 Å². The van der Waals surface area contributed by atoms with Gasteiger partial charge in [0, 0.05) is 12.1 Å². The average Bonchev–Trinajstić information content (AvgIpc) is 2.43. The summed E-state index contributed by atoms with van der Waals surface area (Å²) >= 11 is 0. The molecule has 106 valence electrons. The van der Waals surface area contributed by atoms with Crippen molar-refractivity contribution in [1.29, 1.82) is 0 Å². The third-order valence-electron chi connectivity index (χ3n) is 3.65. The van der Waals surface area contributed by atoms with Gasteiger partial charge in [0.05, 0.1) is 29.4 Å². The number of hydrogen-bond donors (Lipinski definition) is 2. The van der Waals surface area contributed by atoms with E-state index < -0.39 is 17.7 Å². The smallest absolute Gasteiger partial charge is 0.161 e. The number of fused-ring (bicyclic) bond motifs is 1. The molecule has 0 radical (unpaired) electrons. The zero-order valence-electron chi connectivity index (χ0n) is 10.8. The van der Waals surface area contributed by atoms with Crippen molar-refractivity contribution >= 4 is 16.9 Å². The second kappa shape index (κ2) is 5.28. The van der Waals surface area contributed by atoms with Crippen LogP contribution in [0.25, 0.3) is 11.0 Å². The maximum atomic E-state index is 13.2. The molecule has 4 nitrogen and oxygen atoms in total. The first kappa shape index (κ1) is 13.2. The number of nitrogens with zero attached hydrogens (tertiary/aromatic N) is 2. The van der Waals surface area contributed by atoms with Crippen molar-refractivity contribution in [3.63, 3.8) is 0 Å². The molecule has 1 heterocycles. The Bertz CT molecular complexity index is 635. The molecule has 0 amide bonds. The first-order valence-electron chi connectivity index (χ1n) is 6.70. The van der Waals surface area contributed by atoms with Crippen LogP contribution in [0, 0.1) is 11.6 Å². The van der Waals surface area contributed by atoms with Gasteiger partial charge in [0.2, 0.25) is 0 Å². The van der Waals surface area contributed by atoms with Gasteiger partial charge < -0.3 is 10.4 Å². The molecule has 0 saturated heterocycles. The number of hydrogen-bond acceptors (Lipinski definition) is 4. The third-order valence-corrected chi connectivity index (χ3v) is 3.65. The lowest BCUT2D eigenvalue weighted by Crippen LogP contribution is -2.36. The SMILES string of the molecule is O[C@H]1CCCC[C@@H]1Nc1cnc2cc(F)c(F)cc2n1. The van der Waals surface area contributed by atoms with Crippen LogP contribution < -0.4 is 5.32 Å². The minimum absolute atomic E-state index is 0.0687. The van der Waals surface area contributed by atoms with Crippen LogP contribution in [-0.4, -0.2) is 27.2 Å². The summed E-state index contributed by atoms with van der Waals surface area (Å²) in [5.74, 6) is -1.41. The van der Waals surface area contributed by atoms with Crippen LogP contribution in [0.5, 0.6) is 0 Å². The molecule has 0 bridgehead atoms. The van der Waals surface area contributed by atoms with Crippen molar-refractivity contribution in [2.75, 3.05) is 5.32 Å². The highest BCUT2D eigenvalue weighted by molar-refractivity contribution is 5.75. The van der Waals surface area contributed by atoms with Crippen LogP contribution in [0.2, 0.25) is 0 Å². The van der Waals surface area contributed by atoms with Crippen molar-refractivity contribution in [2.24, 2.45) is 0 Å². The Labute approximate surface area is 114 Å². The molecule has 0 aliphatic heterocycles. The second-order valence-electron chi connectivity index (χ2n) is 5.11. The summed E-state index contributed by atoms with van der Waals surface area (Å²) in [6.07, 6.45) is 4.76. The lowest BCUT2D eigenvalue weighted by Gasteiger charge is -2.28. The first-order valence-corrected chi connectivity index (χ1v) is 6.70. The molecular formula is C14H15F2N3O. The molecule has 1 aromatic carbocycles. The molecule has 0 unspecified atom stereocenters. The number of aromatic nitrogens is 2. The summed E-state index contributed by atoms with van der Waals surface area (Å²) in [6, 6.07) is 1.98. The summed E-state index contributed by atoms with van der Waals surface area (Å²) in [5.41, 5.74) is 0.595. The topological polar surface area (TPSA) is 58.0 Å². The van der Waals surface area contributed by atoms with Crippen LogP contribution in [0.15, 0.2) is 18.3 Å². The molecule has 20 heavy (non-hydrogen) atoms. The predicted molar refractivity (Wildman–Crippen MR) is 71.3 cm³/mol. The van der Waals surface area contributed by atoms with Gasteiger partial charge in [0.15, 0.2) is 11.6 Å². The van der Waals surface area contributed by atoms with Crippen LogP contribution in [0.1, 0.15) is 25.7 Å². The standard InChI is InChI=1S/C14H15F2N3O/c15-8-5-11-12(6-9(8)16)19-14(7-17-11)18-10-3-1-2-4-13(10)20/h5-7,10,13,20H,1-4H2,(H,18,19)/t10-,13-/m0/s1. The molecule has 2 aromatic rings. The van der Waals surface area contributed by atoms with Gasteiger partial charge in [-0.1, -0.05) is 12.8 Å². The summed E-state index contributed by atoms with van der Waals surface area (Å²) in [6.45, 7) is 0. The lowest BCUT2D eigenvalue weighted by atomic mass is 9.93. The highest BCUT2D eigenvalue weighted by atomic mass is 19.2. The predicted octanol–water partition coefficient (Wildman–Crippen LogP) is 2.62. The summed E-state index contributed by atoms with van der Waals surface area (Å²) in [5, 5.41) is 13.0. The van der Waals surface area contributed by atoms with E-state index in [1.165, 1.54) is 6.20 Å². The molecule has 1 aromatic heterocycles. The highest BCUT2D eigenvalue weighted by Crippen LogP contribution is 2.22. The minimum atomic E-state index is -0.943. The van der Waals surface area contributed by atoms with Gasteiger partial charge in [-0.3, -0.25) is 4.98 Å². The number of anilines is 1. The highest BCUT2D eigenvalue weighted by Gasteiger charge is 2.23. The van der Waals surface area contributed by atoms with E-state index in [1.54, 1.807) is 0 Å². The van der Waals surface area contributed by atoms with E-state index in [1.807, 2.05) is 0 Å². The number of halogens is 2. The van der Waals surface area contributed by atoms with E-state index in [0.717, 1.165) is 37.8 Å². The Morgan fingerprint density at radius 2 is 1.80 bits per heavy atom. The second-order valence-corrected chi connectivity index (χ2v) is 5.11. The van der Waals surface area contributed by atoms with Crippen molar-refractivity contribution in [1.82, 2.24) is 9.97 Å². The zero-order valence-corrected chi connectivity index (χ0v) is 10.8. The Hall–Kier alpha value is -1.82. The summed E-state index contributed by atoms with van der Waals surface area (Å²) in [4.78, 5) is 8.27. The number of aliphatic hydroxyl groups excluding tert-OH is 1. The van der Waals surface area contributed by atoms with E-state index in [4.69, 9.17) is 0 Å². The monoisotopic (exact) mass is 279 g/mol. The zero-order chi connectivity index (χ0) is 14.1. The van der Waals surface area contributed by atoms with Crippen LogP contribution in [-0.2, 0) is 0 Å². The molecule has 1 saturated carbocycles. The van der Waals surface area contributed by atoms with Gasteiger partial charge in [0.25, 0.3) is 0 Å². The number of nitrogens with one attached hydrogen (secondary N) is 1. The normalized spacial score (nSPS) is 22.9. The molecule has 1 aliphatic rings. The number of aliphatic hydroxyl groups is 1. The molecule has 1 aliphatic carbocycles. The van der Waals surface area contributed by atoms with E-state index >= 15 is 0 Å². The van der Waals surface area contributed by atoms with Crippen molar-refractivity contribution in [3.05, 3.63) is 30.0 Å². The molecular weight excluding hydrogens is 264 g/mol. The van der Waals surface area contributed by atoms with Gasteiger partial charge >= 0.3 is 0 Å². The third kappa shape index (κ3) is 2.56. The van der Waals surface area contributed by atoms with E-state index in [0.29, 0.717) is 16.9 Å². The maximum absolute atomic E-state index is 13.2. The van der Waals surface area contributed by atoms with Gasteiger partial charge in [-0.2, -0.15) is 0 Å². The minimum Gasteiger partial charge on any atom is -0.391 e. The Kier molecular flexibility index (Phi) is 3.48. The Morgan fingerprint density at radius 1 is 1.10 bits per heavy atom. The van der Waals surface area contributed by atoms with Gasteiger partial charge in [-0.25, -0.2) is 13.8 Å². The average molecular weight is 279 g/mol. The van der Waals surface area contributed by atoms with Crippen molar-refractivity contribution < 1.29 is 13.9 Å². The van der Waals surface area contributed by atoms with E-state index in [-0.39, 0.29) is 6.04 Å². The fourth-order valence-corrected chi connectivity index (χ4v) is 2.55. The molecule has 2 N–H and O–H groups in total. The fourth-order valence-electron chi connectivity index (χ4n) is 2.55. The fraction of sp³-hybridized carbons (Fsp3) is 0.429. The van der Waals surface area contributed by atoms with Crippen LogP contribution in [0.3, 0.4) is 0 Å². The first-order chi connectivity index (χ1) is 9.63. The number of rotatable bonds is 2. The van der Waals surface area contributed by atoms with Gasteiger partial charge in [-0.15, -0.1) is 0 Å². The molecule has 3 rings (SSSR count). The molecule has 0 spiro atoms. The quantitative estimate of drug-likeness (QED) is 0.887. The van der Waals surface area contributed by atoms with Gasteiger partial charge in [0.1, 0.15) is 5.82 Å². The maximum Gasteiger partial charge on any atom is 0.161 e. The van der Waals surface area contributed by atoms with Crippen molar-refractivity contribution in [2.45, 2.75) is 37.8 Å². The molecule has 6 heteroatoms. The van der Waals surface area contributed by atoms with E-state index in [9.17, 15) is 13.9 Å².